The number of aromatic hydroxyl groups is 1. The van der Waals surface area contributed by atoms with Crippen LogP contribution in [0.1, 0.15) is 38.3 Å². The molecule has 138 valence electrons. The third-order valence-corrected chi connectivity index (χ3v) is 4.02. The molecule has 3 N–H and O–H groups in total. The first-order valence-electron chi connectivity index (χ1n) is 8.49. The van der Waals surface area contributed by atoms with Gasteiger partial charge in [0.1, 0.15) is 17.1 Å². The molecule has 0 aromatic heterocycles. The van der Waals surface area contributed by atoms with Crippen LogP contribution in [0, 0.1) is 0 Å². The fraction of sp³-hybridized carbons (Fsp3) is 0.350. The molecule has 2 rings (SSSR count). The fourth-order valence-corrected chi connectivity index (χ4v) is 2.60. The van der Waals surface area contributed by atoms with Gasteiger partial charge in [-0.2, -0.15) is 0 Å². The molecule has 0 fully saturated rings. The molecule has 0 amide bonds. The molecule has 0 saturated heterocycles. The largest absolute Gasteiger partial charge is 0.505 e. The van der Waals surface area contributed by atoms with Crippen molar-refractivity contribution >= 4 is 23.0 Å². The average Bonchev–Trinajstić information content (AvgIpc) is 2.58. The minimum absolute atomic E-state index is 0.0214. The van der Waals surface area contributed by atoms with Gasteiger partial charge in [-0.25, -0.2) is 0 Å². The van der Waals surface area contributed by atoms with Gasteiger partial charge in [0.2, 0.25) is 0 Å². The van der Waals surface area contributed by atoms with E-state index in [1.54, 1.807) is 13.1 Å². The van der Waals surface area contributed by atoms with E-state index in [0.29, 0.717) is 17.8 Å². The van der Waals surface area contributed by atoms with E-state index in [9.17, 15) is 9.90 Å². The first-order valence-corrected chi connectivity index (χ1v) is 8.49. The number of carbonyl (C=O) groups is 1. The van der Waals surface area contributed by atoms with Gasteiger partial charge in [-0.1, -0.05) is 39.0 Å². The Morgan fingerprint density at radius 2 is 1.77 bits per heavy atom. The first kappa shape index (κ1) is 19.4. The highest BCUT2D eigenvalue weighted by Gasteiger charge is 2.21. The summed E-state index contributed by atoms with van der Waals surface area (Å²) in [5.74, 6) is -0.788. The third-order valence-electron chi connectivity index (χ3n) is 4.02. The molecule has 0 heterocycles. The average molecular weight is 355 g/mol. The number of phenols is 1. The number of carboxylic acid groups (broad SMARTS) is 1. The smallest absolute Gasteiger partial charge is 0.303 e. The summed E-state index contributed by atoms with van der Waals surface area (Å²) in [4.78, 5) is 10.9. The lowest BCUT2D eigenvalue weighted by Crippen LogP contribution is -2.12. The molecule has 2 aromatic rings. The monoisotopic (exact) mass is 355 g/mol. The molecule has 0 spiro atoms. The van der Waals surface area contributed by atoms with Crippen LogP contribution in [-0.2, 0) is 16.6 Å². The van der Waals surface area contributed by atoms with Crippen LogP contribution in [0.5, 0.6) is 5.75 Å². The lowest BCUT2D eigenvalue weighted by atomic mass is 9.84. The standard InChI is InChI=1S/C20H25N3O3/c1-20(2,3)14-11-13(9-10-18(24)25)12-17(19(14)26)23-22-16-8-6-5-7-15(16)21-4/h5-8,11-12,21,26H,9-10H2,1-4H3,(H,24,25). The molecule has 0 aliphatic rings. The number of para-hydroxylation sites is 1. The molecular weight excluding hydrogens is 330 g/mol. The number of hydrogen-bond acceptors (Lipinski definition) is 5. The van der Waals surface area contributed by atoms with Crippen molar-refractivity contribution in [2.75, 3.05) is 12.4 Å². The summed E-state index contributed by atoms with van der Waals surface area (Å²) < 4.78 is 0. The maximum absolute atomic E-state index is 10.9. The Kier molecular flexibility index (Phi) is 5.97. The van der Waals surface area contributed by atoms with Crippen molar-refractivity contribution in [3.05, 3.63) is 47.5 Å². The summed E-state index contributed by atoms with van der Waals surface area (Å²) >= 11 is 0. The maximum atomic E-state index is 10.9. The molecule has 0 atom stereocenters. The van der Waals surface area contributed by atoms with Crippen molar-refractivity contribution < 1.29 is 15.0 Å². The van der Waals surface area contributed by atoms with E-state index in [1.807, 2.05) is 51.1 Å². The van der Waals surface area contributed by atoms with Crippen LogP contribution < -0.4 is 5.32 Å². The molecule has 0 saturated carbocycles. The number of phenolic OH excluding ortho intramolecular Hbond substituents is 1. The molecule has 26 heavy (non-hydrogen) atoms. The minimum Gasteiger partial charge on any atom is -0.505 e. The van der Waals surface area contributed by atoms with Gasteiger partial charge in [0, 0.05) is 19.0 Å². The molecule has 6 heteroatoms. The number of benzene rings is 2. The highest BCUT2D eigenvalue weighted by molar-refractivity contribution is 5.68. The normalized spacial score (nSPS) is 11.7. The number of azo groups is 1. The van der Waals surface area contributed by atoms with Gasteiger partial charge in [0.25, 0.3) is 0 Å². The SMILES string of the molecule is CNc1ccccc1N=Nc1cc(CCC(=O)O)cc(C(C)(C)C)c1O. The second-order valence-electron chi connectivity index (χ2n) is 7.12. The van der Waals surface area contributed by atoms with Crippen molar-refractivity contribution in [1.82, 2.24) is 0 Å². The van der Waals surface area contributed by atoms with E-state index < -0.39 is 5.97 Å². The highest BCUT2D eigenvalue weighted by atomic mass is 16.4. The Morgan fingerprint density at radius 3 is 2.38 bits per heavy atom. The van der Waals surface area contributed by atoms with Gasteiger partial charge < -0.3 is 15.5 Å². The molecule has 2 aromatic carbocycles. The Hall–Kier alpha value is -2.89. The lowest BCUT2D eigenvalue weighted by molar-refractivity contribution is -0.136. The number of nitrogens with one attached hydrogen (secondary N) is 1. The van der Waals surface area contributed by atoms with Crippen molar-refractivity contribution in [1.29, 1.82) is 0 Å². The van der Waals surface area contributed by atoms with E-state index >= 15 is 0 Å². The number of aliphatic carboxylic acids is 1. The van der Waals surface area contributed by atoms with Gasteiger partial charge in [-0.15, -0.1) is 10.2 Å². The van der Waals surface area contributed by atoms with Gasteiger partial charge in [-0.3, -0.25) is 4.79 Å². The molecule has 6 nitrogen and oxygen atoms in total. The fourth-order valence-electron chi connectivity index (χ4n) is 2.60. The van der Waals surface area contributed by atoms with Crippen LogP contribution in [0.2, 0.25) is 0 Å². The van der Waals surface area contributed by atoms with Crippen LogP contribution in [0.15, 0.2) is 46.6 Å². The second kappa shape index (κ2) is 7.99. The van der Waals surface area contributed by atoms with Crippen molar-refractivity contribution in [3.63, 3.8) is 0 Å². The van der Waals surface area contributed by atoms with Crippen molar-refractivity contribution in [3.8, 4) is 5.75 Å². The van der Waals surface area contributed by atoms with Gasteiger partial charge in [-0.05, 0) is 35.6 Å². The van der Waals surface area contributed by atoms with E-state index in [4.69, 9.17) is 5.11 Å². The third kappa shape index (κ3) is 4.81. The summed E-state index contributed by atoms with van der Waals surface area (Å²) in [6.45, 7) is 5.96. The van der Waals surface area contributed by atoms with E-state index in [0.717, 1.165) is 16.8 Å². The lowest BCUT2D eigenvalue weighted by Gasteiger charge is -2.22. The summed E-state index contributed by atoms with van der Waals surface area (Å²) in [6, 6.07) is 11.0. The minimum atomic E-state index is -0.860. The molecule has 0 aliphatic carbocycles. The Balaban J connectivity index is 2.47. The number of carboxylic acids is 1. The number of aryl methyl sites for hydroxylation is 1. The molecule has 0 aliphatic heterocycles. The number of rotatable bonds is 6. The molecular formula is C20H25N3O3. The van der Waals surface area contributed by atoms with Crippen LogP contribution >= 0.6 is 0 Å². The van der Waals surface area contributed by atoms with Crippen LogP contribution in [-0.4, -0.2) is 23.2 Å². The zero-order valence-corrected chi connectivity index (χ0v) is 15.6. The zero-order valence-electron chi connectivity index (χ0n) is 15.6. The topological polar surface area (TPSA) is 94.3 Å². The van der Waals surface area contributed by atoms with E-state index in [-0.39, 0.29) is 17.6 Å². The zero-order chi connectivity index (χ0) is 19.3. The summed E-state index contributed by atoms with van der Waals surface area (Å²) in [7, 11) is 1.80. The number of hydrogen-bond donors (Lipinski definition) is 3. The van der Waals surface area contributed by atoms with Crippen LogP contribution in [0.4, 0.5) is 17.1 Å². The van der Waals surface area contributed by atoms with Crippen molar-refractivity contribution in [2.24, 2.45) is 10.2 Å². The molecule has 0 bridgehead atoms. The van der Waals surface area contributed by atoms with E-state index in [1.165, 1.54) is 0 Å². The van der Waals surface area contributed by atoms with Gasteiger partial charge in [0.05, 0.1) is 5.69 Å². The number of anilines is 1. The van der Waals surface area contributed by atoms with E-state index in [2.05, 4.69) is 15.5 Å². The Morgan fingerprint density at radius 1 is 1.12 bits per heavy atom. The van der Waals surface area contributed by atoms with Crippen LogP contribution in [0.25, 0.3) is 0 Å². The number of nitrogens with zero attached hydrogens (tertiary/aromatic N) is 2. The Labute approximate surface area is 153 Å². The van der Waals surface area contributed by atoms with Crippen molar-refractivity contribution in [2.45, 2.75) is 39.0 Å². The first-order chi connectivity index (χ1) is 12.2. The highest BCUT2D eigenvalue weighted by Crippen LogP contribution is 2.40. The summed E-state index contributed by atoms with van der Waals surface area (Å²) in [6.07, 6.45) is 0.391. The second-order valence-corrected chi connectivity index (χ2v) is 7.12. The quantitative estimate of drug-likeness (QED) is 0.623. The molecule has 0 unspecified atom stereocenters. The Bertz CT molecular complexity index is 824. The van der Waals surface area contributed by atoms with Crippen LogP contribution in [0.3, 0.4) is 0 Å². The maximum Gasteiger partial charge on any atom is 0.303 e. The van der Waals surface area contributed by atoms with Gasteiger partial charge >= 0.3 is 5.97 Å². The predicted molar refractivity (Wildman–Crippen MR) is 103 cm³/mol. The van der Waals surface area contributed by atoms with Gasteiger partial charge in [0.15, 0.2) is 0 Å². The molecule has 0 radical (unpaired) electrons. The predicted octanol–water partition coefficient (Wildman–Crippen LogP) is 5.16. The summed E-state index contributed by atoms with van der Waals surface area (Å²) in [5.41, 5.74) is 3.04. The summed E-state index contributed by atoms with van der Waals surface area (Å²) in [5, 5.41) is 31.1.